The zero-order chi connectivity index (χ0) is 8.39. The number of hydrogen-bond acceptors (Lipinski definition) is 1. The van der Waals surface area contributed by atoms with Crippen LogP contribution in [0.3, 0.4) is 0 Å². The summed E-state index contributed by atoms with van der Waals surface area (Å²) in [4.78, 5) is 0. The van der Waals surface area contributed by atoms with Crippen LogP contribution in [0.4, 0.5) is 0 Å². The number of piperidine rings is 1. The van der Waals surface area contributed by atoms with Crippen LogP contribution < -0.4 is 5.32 Å². The molecule has 1 heteroatoms. The highest BCUT2D eigenvalue weighted by Crippen LogP contribution is 2.39. The molecule has 1 heterocycles. The van der Waals surface area contributed by atoms with Gasteiger partial charge in [-0.15, -0.1) is 0 Å². The molecule has 0 amide bonds. The lowest BCUT2D eigenvalue weighted by atomic mass is 9.68. The maximum absolute atomic E-state index is 3.58. The number of rotatable bonds is 2. The Hall–Kier alpha value is -0.0400. The van der Waals surface area contributed by atoms with Gasteiger partial charge in [-0.3, -0.25) is 0 Å². The van der Waals surface area contributed by atoms with Crippen molar-refractivity contribution in [3.8, 4) is 0 Å². The Bertz CT molecular complexity index is 122. The third kappa shape index (κ3) is 1.52. The number of nitrogens with one attached hydrogen (secondary N) is 1. The molecule has 1 aliphatic heterocycles. The Labute approximate surface area is 75.9 Å². The first-order valence-corrected chi connectivity index (χ1v) is 5.62. The summed E-state index contributed by atoms with van der Waals surface area (Å²) in [6.45, 7) is 4.94. The van der Waals surface area contributed by atoms with Gasteiger partial charge in [0.2, 0.25) is 0 Å². The van der Waals surface area contributed by atoms with Crippen molar-refractivity contribution in [1.82, 2.24) is 5.32 Å². The summed E-state index contributed by atoms with van der Waals surface area (Å²) in [5, 5.41) is 3.58. The SMILES string of the molecule is CCCC1C2CCCC1CNC2. The second-order valence-corrected chi connectivity index (χ2v) is 4.56. The highest BCUT2D eigenvalue weighted by molar-refractivity contribution is 4.88. The van der Waals surface area contributed by atoms with Crippen LogP contribution >= 0.6 is 0 Å². The molecule has 1 saturated heterocycles. The molecule has 2 aliphatic rings. The molecule has 1 aliphatic carbocycles. The summed E-state index contributed by atoms with van der Waals surface area (Å²) in [5.74, 6) is 3.12. The normalized spacial score (nSPS) is 41.2. The monoisotopic (exact) mass is 167 g/mol. The molecule has 70 valence electrons. The van der Waals surface area contributed by atoms with Crippen molar-refractivity contribution < 1.29 is 0 Å². The van der Waals surface area contributed by atoms with Crippen LogP contribution in [0.25, 0.3) is 0 Å². The van der Waals surface area contributed by atoms with Crippen molar-refractivity contribution in [2.24, 2.45) is 17.8 Å². The van der Waals surface area contributed by atoms with Crippen molar-refractivity contribution in [3.63, 3.8) is 0 Å². The highest BCUT2D eigenvalue weighted by atomic mass is 14.9. The van der Waals surface area contributed by atoms with Crippen molar-refractivity contribution in [2.75, 3.05) is 13.1 Å². The first-order chi connectivity index (χ1) is 5.92. The molecule has 0 radical (unpaired) electrons. The molecule has 0 aromatic rings. The molecule has 12 heavy (non-hydrogen) atoms. The molecule has 2 rings (SSSR count). The molecule has 0 aromatic carbocycles. The second-order valence-electron chi connectivity index (χ2n) is 4.56. The maximum Gasteiger partial charge on any atom is -0.00176 e. The summed E-state index contributed by atoms with van der Waals surface area (Å²) in [5.41, 5.74) is 0. The van der Waals surface area contributed by atoms with Crippen molar-refractivity contribution in [2.45, 2.75) is 39.0 Å². The van der Waals surface area contributed by atoms with Gasteiger partial charge in [0.15, 0.2) is 0 Å². The maximum atomic E-state index is 3.58. The Kier molecular flexibility index (Phi) is 2.69. The van der Waals surface area contributed by atoms with Crippen LogP contribution in [0.5, 0.6) is 0 Å². The van der Waals surface area contributed by atoms with Crippen LogP contribution in [0.15, 0.2) is 0 Å². The number of fused-ring (bicyclic) bond motifs is 2. The summed E-state index contributed by atoms with van der Waals surface area (Å²) in [6.07, 6.45) is 7.36. The summed E-state index contributed by atoms with van der Waals surface area (Å²) < 4.78 is 0. The largest absolute Gasteiger partial charge is 0.316 e. The van der Waals surface area contributed by atoms with Gasteiger partial charge in [-0.05, 0) is 43.7 Å². The molecule has 1 N–H and O–H groups in total. The van der Waals surface area contributed by atoms with E-state index in [4.69, 9.17) is 0 Å². The van der Waals surface area contributed by atoms with Gasteiger partial charge >= 0.3 is 0 Å². The van der Waals surface area contributed by atoms with E-state index in [-0.39, 0.29) is 0 Å². The molecule has 2 bridgehead atoms. The van der Waals surface area contributed by atoms with Crippen molar-refractivity contribution >= 4 is 0 Å². The first kappa shape index (κ1) is 8.55. The van der Waals surface area contributed by atoms with E-state index >= 15 is 0 Å². The molecule has 0 spiro atoms. The Morgan fingerprint density at radius 2 is 1.83 bits per heavy atom. The second kappa shape index (κ2) is 3.78. The fourth-order valence-electron chi connectivity index (χ4n) is 3.22. The Morgan fingerprint density at radius 3 is 2.42 bits per heavy atom. The Balaban J connectivity index is 1.98. The molecule has 1 nitrogen and oxygen atoms in total. The van der Waals surface area contributed by atoms with Gasteiger partial charge in [-0.1, -0.05) is 26.2 Å². The van der Waals surface area contributed by atoms with Crippen molar-refractivity contribution in [1.29, 1.82) is 0 Å². The van der Waals surface area contributed by atoms with Gasteiger partial charge in [0, 0.05) is 0 Å². The summed E-state index contributed by atoms with van der Waals surface area (Å²) in [7, 11) is 0. The molecule has 1 saturated carbocycles. The van der Waals surface area contributed by atoms with Gasteiger partial charge in [0.25, 0.3) is 0 Å². The summed E-state index contributed by atoms with van der Waals surface area (Å²) in [6, 6.07) is 0. The zero-order valence-corrected chi connectivity index (χ0v) is 8.18. The Morgan fingerprint density at radius 1 is 1.17 bits per heavy atom. The topological polar surface area (TPSA) is 12.0 Å². The third-order valence-electron chi connectivity index (χ3n) is 3.80. The fraction of sp³-hybridized carbons (Fsp3) is 1.00. The molecular weight excluding hydrogens is 146 g/mol. The van der Waals surface area contributed by atoms with Gasteiger partial charge in [-0.2, -0.15) is 0 Å². The van der Waals surface area contributed by atoms with Gasteiger partial charge in [0.05, 0.1) is 0 Å². The average Bonchev–Trinajstić information content (AvgIpc) is 2.04. The van der Waals surface area contributed by atoms with E-state index in [2.05, 4.69) is 12.2 Å². The van der Waals surface area contributed by atoms with E-state index in [0.29, 0.717) is 0 Å². The molecule has 0 aromatic heterocycles. The van der Waals surface area contributed by atoms with Crippen molar-refractivity contribution in [3.05, 3.63) is 0 Å². The van der Waals surface area contributed by atoms with Crippen LogP contribution in [-0.4, -0.2) is 13.1 Å². The molecule has 2 fully saturated rings. The highest BCUT2D eigenvalue weighted by Gasteiger charge is 2.34. The minimum absolute atomic E-state index is 1.03. The predicted octanol–water partition coefficient (Wildman–Crippen LogP) is 2.42. The molecular formula is C11H21N. The fourth-order valence-corrected chi connectivity index (χ4v) is 3.22. The van der Waals surface area contributed by atoms with E-state index in [0.717, 1.165) is 17.8 Å². The van der Waals surface area contributed by atoms with E-state index in [9.17, 15) is 0 Å². The van der Waals surface area contributed by atoms with E-state index < -0.39 is 0 Å². The molecule has 2 atom stereocenters. The quantitative estimate of drug-likeness (QED) is 0.666. The smallest absolute Gasteiger partial charge is 0.00176 e. The average molecular weight is 167 g/mol. The minimum atomic E-state index is 1.03. The van der Waals surface area contributed by atoms with Crippen LogP contribution in [0.1, 0.15) is 39.0 Å². The molecule has 2 unspecified atom stereocenters. The number of hydrogen-bond donors (Lipinski definition) is 1. The van der Waals surface area contributed by atoms with E-state index in [1.165, 1.54) is 45.2 Å². The lowest BCUT2D eigenvalue weighted by molar-refractivity contribution is 0.100. The van der Waals surface area contributed by atoms with E-state index in [1.54, 1.807) is 0 Å². The third-order valence-corrected chi connectivity index (χ3v) is 3.80. The zero-order valence-electron chi connectivity index (χ0n) is 8.18. The van der Waals surface area contributed by atoms with E-state index in [1.807, 2.05) is 0 Å². The lowest BCUT2D eigenvalue weighted by Gasteiger charge is -2.43. The summed E-state index contributed by atoms with van der Waals surface area (Å²) >= 11 is 0. The van der Waals surface area contributed by atoms with Crippen LogP contribution in [0.2, 0.25) is 0 Å². The van der Waals surface area contributed by atoms with Crippen LogP contribution in [-0.2, 0) is 0 Å². The lowest BCUT2D eigenvalue weighted by Crippen LogP contribution is -2.45. The standard InChI is InChI=1S/C11H21N/c1-2-4-11-9-5-3-6-10(11)8-12-7-9/h9-12H,2-8H2,1H3. The van der Waals surface area contributed by atoms with Crippen LogP contribution in [0, 0.1) is 17.8 Å². The van der Waals surface area contributed by atoms with Gasteiger partial charge < -0.3 is 5.32 Å². The predicted molar refractivity (Wildman–Crippen MR) is 52.1 cm³/mol. The van der Waals surface area contributed by atoms with Gasteiger partial charge in [0.1, 0.15) is 0 Å². The first-order valence-electron chi connectivity index (χ1n) is 5.62. The van der Waals surface area contributed by atoms with Gasteiger partial charge in [-0.25, -0.2) is 0 Å². The minimum Gasteiger partial charge on any atom is -0.316 e.